The summed E-state index contributed by atoms with van der Waals surface area (Å²) in [4.78, 5) is 25.4. The van der Waals surface area contributed by atoms with E-state index in [0.717, 1.165) is 38.5 Å². The maximum Gasteiger partial charge on any atom is 0.306 e. The smallest absolute Gasteiger partial charge is 0.306 e. The molecule has 4 N–H and O–H groups in total. The first kappa shape index (κ1) is 55.4. The highest BCUT2D eigenvalue weighted by Crippen LogP contribution is 2.24. The zero-order chi connectivity index (χ0) is 43.4. The van der Waals surface area contributed by atoms with Gasteiger partial charge in [0, 0.05) is 12.8 Å². The van der Waals surface area contributed by atoms with Crippen molar-refractivity contribution in [2.24, 2.45) is 0 Å². The van der Waals surface area contributed by atoms with Gasteiger partial charge >= 0.3 is 11.9 Å². The van der Waals surface area contributed by atoms with Crippen LogP contribution < -0.4 is 0 Å². The van der Waals surface area contributed by atoms with Crippen LogP contribution in [0.5, 0.6) is 0 Å². The molecule has 0 amide bonds. The number of rotatable bonds is 40. The summed E-state index contributed by atoms with van der Waals surface area (Å²) in [6.07, 6.45) is 29.8. The number of carbonyl (C=O) groups is 2. The number of hydrogen-bond acceptors (Lipinski definition) is 11. The molecule has 0 saturated carbocycles. The average Bonchev–Trinajstić information content (AvgIpc) is 3.20. The van der Waals surface area contributed by atoms with Crippen molar-refractivity contribution in [2.45, 2.75) is 250 Å². The molecule has 1 aliphatic rings. The molecule has 6 atom stereocenters. The normalized spacial score (nSPS) is 20.3. The lowest BCUT2D eigenvalue weighted by Gasteiger charge is -2.40. The lowest BCUT2D eigenvalue weighted by atomic mass is 10.00. The molecule has 0 aromatic carbocycles. The highest BCUT2D eigenvalue weighted by Gasteiger charge is 2.46. The molecule has 13 heteroatoms. The van der Waals surface area contributed by atoms with Gasteiger partial charge in [-0.05, 0) is 38.5 Å². The van der Waals surface area contributed by atoms with Gasteiger partial charge in [0.15, 0.2) is 12.4 Å². The van der Waals surface area contributed by atoms with Gasteiger partial charge in [0.1, 0.15) is 36.8 Å². The zero-order valence-corrected chi connectivity index (χ0v) is 37.9. The summed E-state index contributed by atoms with van der Waals surface area (Å²) in [5, 5.41) is 30.8. The van der Waals surface area contributed by atoms with Crippen LogP contribution in [0.3, 0.4) is 0 Å². The van der Waals surface area contributed by atoms with E-state index in [1.165, 1.54) is 135 Å². The van der Waals surface area contributed by atoms with Crippen molar-refractivity contribution < 1.29 is 56.8 Å². The number of aliphatic hydroxyl groups is 3. The summed E-state index contributed by atoms with van der Waals surface area (Å²) >= 11 is 0. The molecular weight excluding hydrogens is 777 g/mol. The topological polar surface area (TPSA) is 186 Å². The third-order valence-electron chi connectivity index (χ3n) is 11.1. The van der Waals surface area contributed by atoms with Crippen LogP contribution in [-0.2, 0) is 38.7 Å². The minimum Gasteiger partial charge on any atom is -0.462 e. The highest BCUT2D eigenvalue weighted by atomic mass is 32.2. The van der Waals surface area contributed by atoms with E-state index in [2.05, 4.69) is 26.0 Å². The second-order valence-electron chi connectivity index (χ2n) is 16.8. The molecule has 1 heterocycles. The Morgan fingerprint density at radius 1 is 0.559 bits per heavy atom. The van der Waals surface area contributed by atoms with Crippen LogP contribution >= 0.6 is 0 Å². The Balaban J connectivity index is 2.34. The van der Waals surface area contributed by atoms with Gasteiger partial charge in [0.2, 0.25) is 0 Å². The van der Waals surface area contributed by atoms with Gasteiger partial charge in [-0.2, -0.15) is 8.42 Å². The Kier molecular flexibility index (Phi) is 34.7. The predicted molar refractivity (Wildman–Crippen MR) is 234 cm³/mol. The molecule has 0 radical (unpaired) electrons. The zero-order valence-electron chi connectivity index (χ0n) is 37.1. The van der Waals surface area contributed by atoms with Crippen LogP contribution in [0, 0.1) is 0 Å². The van der Waals surface area contributed by atoms with Gasteiger partial charge in [-0.1, -0.05) is 174 Å². The molecule has 0 bridgehead atoms. The molecule has 2 unspecified atom stereocenters. The highest BCUT2D eigenvalue weighted by molar-refractivity contribution is 7.85. The largest absolute Gasteiger partial charge is 0.462 e. The minimum absolute atomic E-state index is 0.169. The van der Waals surface area contributed by atoms with Gasteiger partial charge < -0.3 is 34.3 Å². The molecule has 348 valence electrons. The van der Waals surface area contributed by atoms with Crippen LogP contribution in [0.25, 0.3) is 0 Å². The molecule has 12 nitrogen and oxygen atoms in total. The first-order chi connectivity index (χ1) is 28.5. The van der Waals surface area contributed by atoms with E-state index >= 15 is 0 Å². The first-order valence-electron chi connectivity index (χ1n) is 23.7. The van der Waals surface area contributed by atoms with Gasteiger partial charge in [-0.25, -0.2) is 0 Å². The second-order valence-corrected chi connectivity index (χ2v) is 18.3. The fraction of sp³-hybridized carbons (Fsp3) is 0.913. The second kappa shape index (κ2) is 37.0. The Labute approximate surface area is 358 Å². The number of aliphatic hydroxyl groups excluding tert-OH is 3. The van der Waals surface area contributed by atoms with Crippen molar-refractivity contribution in [3.8, 4) is 0 Å². The summed E-state index contributed by atoms with van der Waals surface area (Å²) in [5.41, 5.74) is 0. The molecule has 0 aromatic heterocycles. The number of unbranched alkanes of at least 4 members (excludes halogenated alkanes) is 26. The number of ether oxygens (including phenoxy) is 4. The van der Waals surface area contributed by atoms with E-state index in [-0.39, 0.29) is 19.4 Å². The van der Waals surface area contributed by atoms with Gasteiger partial charge in [0.05, 0.1) is 6.61 Å². The molecule has 0 spiro atoms. The number of esters is 2. The molecule has 1 rings (SSSR count). The molecule has 0 aliphatic carbocycles. The van der Waals surface area contributed by atoms with Crippen molar-refractivity contribution >= 4 is 22.1 Å². The molecular formula is C46H86O12S. The minimum atomic E-state index is -4.60. The van der Waals surface area contributed by atoms with E-state index < -0.39 is 71.2 Å². The predicted octanol–water partition coefficient (Wildman–Crippen LogP) is 9.84. The lowest BCUT2D eigenvalue weighted by molar-refractivity contribution is -0.297. The van der Waals surface area contributed by atoms with Crippen molar-refractivity contribution in [2.75, 3.05) is 19.0 Å². The molecule has 0 aromatic rings. The Hall–Kier alpha value is -1.61. The molecule has 59 heavy (non-hydrogen) atoms. The average molecular weight is 863 g/mol. The summed E-state index contributed by atoms with van der Waals surface area (Å²) < 4.78 is 54.0. The molecule has 1 aliphatic heterocycles. The van der Waals surface area contributed by atoms with Crippen LogP contribution in [0.1, 0.15) is 213 Å². The molecule has 1 fully saturated rings. The van der Waals surface area contributed by atoms with Crippen LogP contribution in [0.15, 0.2) is 12.2 Å². The summed E-state index contributed by atoms with van der Waals surface area (Å²) in [7, 11) is -4.60. The van der Waals surface area contributed by atoms with Crippen LogP contribution in [-0.4, -0.2) is 96.0 Å². The van der Waals surface area contributed by atoms with Crippen molar-refractivity contribution in [3.63, 3.8) is 0 Å². The van der Waals surface area contributed by atoms with Crippen molar-refractivity contribution in [1.29, 1.82) is 0 Å². The van der Waals surface area contributed by atoms with E-state index in [1.54, 1.807) is 0 Å². The monoisotopic (exact) mass is 863 g/mol. The Morgan fingerprint density at radius 3 is 1.41 bits per heavy atom. The SMILES string of the molecule is CCCCCCCC/C=C/CCCCCCCCCCCCCC(=O)OC[C@H](CO[C@H]1O[C@H](CS(=O)(=O)O)[C@@H](O)C(O)C1O)OC(=O)CCCCCCCCCCCC. The number of allylic oxidation sites excluding steroid dienone is 2. The summed E-state index contributed by atoms with van der Waals surface area (Å²) in [6, 6.07) is 0. The van der Waals surface area contributed by atoms with Crippen LogP contribution in [0.4, 0.5) is 0 Å². The summed E-state index contributed by atoms with van der Waals surface area (Å²) in [5.74, 6) is -1.97. The quantitative estimate of drug-likeness (QED) is 0.0198. The number of carbonyl (C=O) groups excluding carboxylic acids is 2. The van der Waals surface area contributed by atoms with E-state index in [1.807, 2.05) is 0 Å². The lowest BCUT2D eigenvalue weighted by Crippen LogP contribution is -2.60. The van der Waals surface area contributed by atoms with Crippen LogP contribution in [0.2, 0.25) is 0 Å². The van der Waals surface area contributed by atoms with Crippen molar-refractivity contribution in [1.82, 2.24) is 0 Å². The summed E-state index contributed by atoms with van der Waals surface area (Å²) in [6.45, 7) is 3.75. The fourth-order valence-electron chi connectivity index (χ4n) is 7.38. The third kappa shape index (κ3) is 31.8. The first-order valence-corrected chi connectivity index (χ1v) is 25.4. The number of hydrogen-bond donors (Lipinski definition) is 4. The van der Waals surface area contributed by atoms with E-state index in [9.17, 15) is 37.9 Å². The van der Waals surface area contributed by atoms with E-state index in [4.69, 9.17) is 18.9 Å². The maximum atomic E-state index is 12.8. The maximum absolute atomic E-state index is 12.8. The van der Waals surface area contributed by atoms with Gasteiger partial charge in [-0.15, -0.1) is 0 Å². The standard InChI is InChI=1S/C46H86O12S/c1-3-5-7-9-11-13-15-16-17-18-19-20-21-22-23-24-25-27-28-30-32-34-41(47)55-36-39(57-42(48)35-33-31-29-26-14-12-10-8-6-4-2)37-56-46-45(51)44(50)43(49)40(58-46)38-59(52,53)54/h16-17,39-40,43-46,49-51H,3-15,18-38H2,1-2H3,(H,52,53,54)/b17-16+/t39-,40-,43-,44?,45?,46+/m1/s1. The Morgan fingerprint density at radius 2 is 0.966 bits per heavy atom. The van der Waals surface area contributed by atoms with E-state index in [0.29, 0.717) is 12.8 Å². The fourth-order valence-corrected chi connectivity index (χ4v) is 8.07. The molecule has 1 saturated heterocycles. The van der Waals surface area contributed by atoms with Crippen molar-refractivity contribution in [3.05, 3.63) is 12.2 Å². The van der Waals surface area contributed by atoms with Gasteiger partial charge in [-0.3, -0.25) is 14.1 Å². The third-order valence-corrected chi connectivity index (χ3v) is 11.8. The Bertz CT molecular complexity index is 1150. The van der Waals surface area contributed by atoms with Gasteiger partial charge in [0.25, 0.3) is 10.1 Å².